The molecule has 0 spiro atoms. The van der Waals surface area contributed by atoms with Gasteiger partial charge in [-0.3, -0.25) is 9.59 Å². The van der Waals surface area contributed by atoms with Gasteiger partial charge in [-0.25, -0.2) is 0 Å². The maximum atomic E-state index is 12.9. The average molecular weight is 386 g/mol. The standard InChI is InChI=1S/C19H25F3N2O3/c1-11-6-5-7-14(13(11)3)16(25)23-15-8-9-24(10-12(15)2)17(26)18(4,27)19(20,21)22/h5-7,12,15,27H,8-10H2,1-4H3,(H,23,25). The van der Waals surface area contributed by atoms with E-state index in [0.29, 0.717) is 18.9 Å². The Labute approximate surface area is 156 Å². The lowest BCUT2D eigenvalue weighted by atomic mass is 9.91. The Kier molecular flexibility index (Phi) is 5.89. The summed E-state index contributed by atoms with van der Waals surface area (Å²) in [5, 5.41) is 12.5. The fraction of sp³-hybridized carbons (Fsp3) is 0.579. The molecule has 2 amide bonds. The summed E-state index contributed by atoms with van der Waals surface area (Å²) in [4.78, 5) is 25.7. The van der Waals surface area contributed by atoms with E-state index >= 15 is 0 Å². The summed E-state index contributed by atoms with van der Waals surface area (Å²) in [5.74, 6) is -1.85. The molecular weight excluding hydrogens is 361 g/mol. The molecule has 5 nitrogen and oxygen atoms in total. The van der Waals surface area contributed by atoms with Gasteiger partial charge in [0.05, 0.1) is 0 Å². The molecule has 0 saturated carbocycles. The quantitative estimate of drug-likeness (QED) is 0.839. The molecule has 2 N–H and O–H groups in total. The summed E-state index contributed by atoms with van der Waals surface area (Å²) in [6.45, 7) is 6.06. The molecule has 27 heavy (non-hydrogen) atoms. The SMILES string of the molecule is Cc1cccc(C(=O)NC2CCN(C(=O)C(C)(O)C(F)(F)F)CC2C)c1C. The third-order valence-corrected chi connectivity index (χ3v) is 5.33. The number of carbonyl (C=O) groups excluding carboxylic acids is 2. The molecular formula is C19H25F3N2O3. The van der Waals surface area contributed by atoms with Crippen molar-refractivity contribution in [2.75, 3.05) is 13.1 Å². The average Bonchev–Trinajstić information content (AvgIpc) is 2.57. The Hall–Kier alpha value is -2.09. The van der Waals surface area contributed by atoms with E-state index in [9.17, 15) is 27.9 Å². The van der Waals surface area contributed by atoms with Gasteiger partial charge in [-0.15, -0.1) is 0 Å². The molecule has 0 aromatic heterocycles. The summed E-state index contributed by atoms with van der Waals surface area (Å²) in [6, 6.07) is 5.16. The molecule has 1 saturated heterocycles. The first-order valence-electron chi connectivity index (χ1n) is 8.81. The van der Waals surface area contributed by atoms with Gasteiger partial charge in [0.2, 0.25) is 5.60 Å². The highest BCUT2D eigenvalue weighted by Crippen LogP contribution is 2.33. The number of piperidine rings is 1. The maximum Gasteiger partial charge on any atom is 0.426 e. The summed E-state index contributed by atoms with van der Waals surface area (Å²) in [5.41, 5.74) is -0.996. The number of carbonyl (C=O) groups is 2. The third kappa shape index (κ3) is 4.26. The third-order valence-electron chi connectivity index (χ3n) is 5.33. The van der Waals surface area contributed by atoms with Crippen LogP contribution in [0.2, 0.25) is 0 Å². The van der Waals surface area contributed by atoms with E-state index in [-0.39, 0.29) is 31.0 Å². The van der Waals surface area contributed by atoms with Crippen LogP contribution in [-0.4, -0.2) is 52.7 Å². The monoisotopic (exact) mass is 386 g/mol. The zero-order valence-corrected chi connectivity index (χ0v) is 15.9. The van der Waals surface area contributed by atoms with Crippen molar-refractivity contribution in [1.82, 2.24) is 10.2 Å². The molecule has 3 unspecified atom stereocenters. The summed E-state index contributed by atoms with van der Waals surface area (Å²) < 4.78 is 38.7. The van der Waals surface area contributed by atoms with Crippen LogP contribution in [0, 0.1) is 19.8 Å². The molecule has 0 aliphatic carbocycles. The number of nitrogens with one attached hydrogen (secondary N) is 1. The number of aryl methyl sites for hydroxylation is 1. The zero-order chi connectivity index (χ0) is 20.6. The number of amides is 2. The summed E-state index contributed by atoms with van der Waals surface area (Å²) in [6.07, 6.45) is -4.72. The number of halogens is 3. The predicted octanol–water partition coefficient (Wildman–Crippen LogP) is 2.58. The number of benzene rings is 1. The number of alkyl halides is 3. The molecule has 1 aromatic rings. The smallest absolute Gasteiger partial charge is 0.373 e. The Balaban J connectivity index is 2.04. The molecule has 1 aliphatic heterocycles. The van der Waals surface area contributed by atoms with Crippen LogP contribution in [0.3, 0.4) is 0 Å². The Morgan fingerprint density at radius 2 is 1.89 bits per heavy atom. The van der Waals surface area contributed by atoms with Crippen LogP contribution in [-0.2, 0) is 4.79 Å². The molecule has 3 atom stereocenters. The van der Waals surface area contributed by atoms with Gasteiger partial charge in [0.15, 0.2) is 0 Å². The van der Waals surface area contributed by atoms with Gasteiger partial charge >= 0.3 is 6.18 Å². The highest BCUT2D eigenvalue weighted by atomic mass is 19.4. The van der Waals surface area contributed by atoms with Gasteiger partial charge in [0.25, 0.3) is 11.8 Å². The number of hydrogen-bond donors (Lipinski definition) is 2. The molecule has 1 heterocycles. The number of rotatable bonds is 3. The zero-order valence-electron chi connectivity index (χ0n) is 15.9. The van der Waals surface area contributed by atoms with Crippen molar-refractivity contribution in [3.63, 3.8) is 0 Å². The van der Waals surface area contributed by atoms with E-state index in [1.54, 1.807) is 19.1 Å². The van der Waals surface area contributed by atoms with Crippen molar-refractivity contribution in [3.8, 4) is 0 Å². The molecule has 2 rings (SSSR count). The second-order valence-corrected chi connectivity index (χ2v) is 7.41. The lowest BCUT2D eigenvalue weighted by Crippen LogP contribution is -2.60. The van der Waals surface area contributed by atoms with Gasteiger partial charge < -0.3 is 15.3 Å². The molecule has 0 radical (unpaired) electrons. The minimum atomic E-state index is -5.04. The van der Waals surface area contributed by atoms with Crippen molar-refractivity contribution >= 4 is 11.8 Å². The Bertz CT molecular complexity index is 731. The van der Waals surface area contributed by atoms with E-state index in [1.807, 2.05) is 19.9 Å². The van der Waals surface area contributed by atoms with Gasteiger partial charge in [0.1, 0.15) is 0 Å². The van der Waals surface area contributed by atoms with Crippen LogP contribution in [0.4, 0.5) is 13.2 Å². The van der Waals surface area contributed by atoms with Crippen LogP contribution in [0.1, 0.15) is 41.8 Å². The van der Waals surface area contributed by atoms with E-state index in [4.69, 9.17) is 0 Å². The second-order valence-electron chi connectivity index (χ2n) is 7.41. The first-order valence-corrected chi connectivity index (χ1v) is 8.81. The normalized spacial score (nSPS) is 22.9. The van der Waals surface area contributed by atoms with Crippen molar-refractivity contribution in [1.29, 1.82) is 0 Å². The minimum absolute atomic E-state index is 0.0306. The fourth-order valence-electron chi connectivity index (χ4n) is 3.22. The maximum absolute atomic E-state index is 12.9. The van der Waals surface area contributed by atoms with E-state index in [2.05, 4.69) is 5.32 Å². The topological polar surface area (TPSA) is 69.6 Å². The first-order chi connectivity index (χ1) is 12.4. The van der Waals surface area contributed by atoms with E-state index in [1.165, 1.54) is 0 Å². The highest BCUT2D eigenvalue weighted by Gasteiger charge is 2.57. The first kappa shape index (κ1) is 21.2. The van der Waals surface area contributed by atoms with Crippen LogP contribution >= 0.6 is 0 Å². The van der Waals surface area contributed by atoms with Crippen LogP contribution in [0.5, 0.6) is 0 Å². The molecule has 1 aromatic carbocycles. The van der Waals surface area contributed by atoms with Crippen LogP contribution in [0.25, 0.3) is 0 Å². The number of aliphatic hydroxyl groups is 1. The number of likely N-dealkylation sites (tertiary alicyclic amines) is 1. The Morgan fingerprint density at radius 3 is 2.44 bits per heavy atom. The molecule has 8 heteroatoms. The minimum Gasteiger partial charge on any atom is -0.373 e. The van der Waals surface area contributed by atoms with E-state index < -0.39 is 17.7 Å². The van der Waals surface area contributed by atoms with E-state index in [0.717, 1.165) is 16.0 Å². The van der Waals surface area contributed by atoms with Gasteiger partial charge in [-0.1, -0.05) is 19.1 Å². The number of nitrogens with zero attached hydrogens (tertiary/aromatic N) is 1. The molecule has 1 fully saturated rings. The van der Waals surface area contributed by atoms with Crippen molar-refractivity contribution in [3.05, 3.63) is 34.9 Å². The highest BCUT2D eigenvalue weighted by molar-refractivity contribution is 5.96. The molecule has 0 bridgehead atoms. The summed E-state index contributed by atoms with van der Waals surface area (Å²) in [7, 11) is 0. The van der Waals surface area contributed by atoms with Crippen molar-refractivity contribution in [2.24, 2.45) is 5.92 Å². The Morgan fingerprint density at radius 1 is 1.26 bits per heavy atom. The van der Waals surface area contributed by atoms with Crippen molar-refractivity contribution in [2.45, 2.75) is 51.9 Å². The number of hydrogen-bond acceptors (Lipinski definition) is 3. The molecule has 1 aliphatic rings. The predicted molar refractivity (Wildman–Crippen MR) is 94.2 cm³/mol. The largest absolute Gasteiger partial charge is 0.426 e. The van der Waals surface area contributed by atoms with Crippen LogP contribution in [0.15, 0.2) is 18.2 Å². The second kappa shape index (κ2) is 7.50. The van der Waals surface area contributed by atoms with Crippen molar-refractivity contribution < 1.29 is 27.9 Å². The summed E-state index contributed by atoms with van der Waals surface area (Å²) >= 11 is 0. The van der Waals surface area contributed by atoms with Crippen LogP contribution < -0.4 is 5.32 Å². The van der Waals surface area contributed by atoms with Gasteiger partial charge in [0, 0.05) is 24.7 Å². The fourth-order valence-corrected chi connectivity index (χ4v) is 3.22. The van der Waals surface area contributed by atoms with Gasteiger partial charge in [-0.05, 0) is 50.3 Å². The molecule has 150 valence electrons. The van der Waals surface area contributed by atoms with Gasteiger partial charge in [-0.2, -0.15) is 13.2 Å². The lowest BCUT2D eigenvalue weighted by molar-refractivity contribution is -0.250. The lowest BCUT2D eigenvalue weighted by Gasteiger charge is -2.40.